The van der Waals surface area contributed by atoms with Crippen LogP contribution in [0.5, 0.6) is 5.75 Å². The molecular weight excluding hydrogens is 305 g/mol. The third-order valence-electron chi connectivity index (χ3n) is 4.47. The molecule has 6 heteroatoms. The van der Waals surface area contributed by atoms with Crippen molar-refractivity contribution in [1.82, 2.24) is 0 Å². The lowest BCUT2D eigenvalue weighted by Gasteiger charge is -2.35. The molecule has 1 saturated heterocycles. The number of nitrogen functional groups attached to an aromatic ring is 1. The Kier molecular flexibility index (Phi) is 3.69. The van der Waals surface area contributed by atoms with E-state index in [-0.39, 0.29) is 23.0 Å². The van der Waals surface area contributed by atoms with Crippen molar-refractivity contribution < 1.29 is 17.9 Å². The Morgan fingerprint density at radius 2 is 2.09 bits per heavy atom. The molecule has 2 aliphatic heterocycles. The van der Waals surface area contributed by atoms with Crippen LogP contribution in [0.1, 0.15) is 37.8 Å². The molecule has 0 aliphatic carbocycles. The Morgan fingerprint density at radius 3 is 2.70 bits per heavy atom. The van der Waals surface area contributed by atoms with Gasteiger partial charge in [0.1, 0.15) is 16.9 Å². The Morgan fingerprint density at radius 1 is 1.39 bits per heavy atom. The van der Waals surface area contributed by atoms with Gasteiger partial charge in [-0.3, -0.25) is 0 Å². The third kappa shape index (κ3) is 2.95. The maximum absolute atomic E-state index is 13.8. The van der Waals surface area contributed by atoms with Crippen molar-refractivity contribution in [2.45, 2.75) is 44.9 Å². The standard InChI is InChI=1S/C17H22F3N2O/c1-10-5-4-6-22(9-10)14-12(21)7-11-8-16(2,3)23-15(11)13(14)17(18,19)20/h7,10H,1,4-6,8-9,21H2,2-3H3/t10-/m1/s1. The molecule has 1 atom stereocenters. The number of nitrogens with zero attached hydrogens (tertiary/aromatic N) is 1. The summed E-state index contributed by atoms with van der Waals surface area (Å²) in [6.07, 6.45) is -2.35. The monoisotopic (exact) mass is 327 g/mol. The fourth-order valence-electron chi connectivity index (χ4n) is 3.62. The number of ether oxygens (including phenoxy) is 1. The molecule has 3 nitrogen and oxygen atoms in total. The molecule has 0 unspecified atom stereocenters. The molecule has 23 heavy (non-hydrogen) atoms. The van der Waals surface area contributed by atoms with Crippen molar-refractivity contribution in [2.24, 2.45) is 5.92 Å². The predicted molar refractivity (Wildman–Crippen MR) is 84.6 cm³/mol. The van der Waals surface area contributed by atoms with Crippen LogP contribution < -0.4 is 15.4 Å². The molecule has 1 aromatic carbocycles. The van der Waals surface area contributed by atoms with E-state index in [4.69, 9.17) is 10.5 Å². The molecule has 3 rings (SSSR count). The van der Waals surface area contributed by atoms with Crippen molar-refractivity contribution in [3.8, 4) is 5.75 Å². The van der Waals surface area contributed by atoms with Crippen LogP contribution in [0.4, 0.5) is 24.5 Å². The molecule has 1 fully saturated rings. The van der Waals surface area contributed by atoms with Gasteiger partial charge in [0.15, 0.2) is 0 Å². The van der Waals surface area contributed by atoms with Gasteiger partial charge in [-0.1, -0.05) is 0 Å². The molecule has 0 saturated carbocycles. The van der Waals surface area contributed by atoms with Crippen LogP contribution in [0.25, 0.3) is 0 Å². The molecule has 2 aliphatic rings. The van der Waals surface area contributed by atoms with Gasteiger partial charge in [-0.2, -0.15) is 13.2 Å². The first-order chi connectivity index (χ1) is 10.6. The summed E-state index contributed by atoms with van der Waals surface area (Å²) in [4.78, 5) is 1.72. The maximum atomic E-state index is 13.8. The highest BCUT2D eigenvalue weighted by Crippen LogP contribution is 2.52. The normalized spacial score (nSPS) is 23.6. The van der Waals surface area contributed by atoms with Gasteiger partial charge in [-0.15, -0.1) is 0 Å². The number of hydrogen-bond donors (Lipinski definition) is 1. The van der Waals surface area contributed by atoms with E-state index in [1.807, 2.05) is 0 Å². The zero-order valence-electron chi connectivity index (χ0n) is 13.5. The third-order valence-corrected chi connectivity index (χ3v) is 4.47. The van der Waals surface area contributed by atoms with Crippen molar-refractivity contribution in [2.75, 3.05) is 23.7 Å². The zero-order valence-corrected chi connectivity index (χ0v) is 13.5. The van der Waals surface area contributed by atoms with Crippen molar-refractivity contribution in [3.63, 3.8) is 0 Å². The van der Waals surface area contributed by atoms with E-state index >= 15 is 0 Å². The van der Waals surface area contributed by atoms with Crippen LogP contribution in [0.3, 0.4) is 0 Å². The fourth-order valence-corrected chi connectivity index (χ4v) is 3.62. The molecule has 1 aromatic rings. The van der Waals surface area contributed by atoms with Crippen LogP contribution >= 0.6 is 0 Å². The smallest absolute Gasteiger partial charge is 0.422 e. The minimum atomic E-state index is -4.51. The summed E-state index contributed by atoms with van der Waals surface area (Å²) < 4.78 is 47.1. The van der Waals surface area contributed by atoms with Crippen LogP contribution in [-0.2, 0) is 12.6 Å². The number of nitrogens with two attached hydrogens (primary N) is 1. The summed E-state index contributed by atoms with van der Waals surface area (Å²) in [7, 11) is 0. The Hall–Kier alpha value is -1.59. The molecular formula is C17H22F3N2O. The Labute approximate surface area is 134 Å². The molecule has 1 radical (unpaired) electrons. The summed E-state index contributed by atoms with van der Waals surface area (Å²) in [5.74, 6) is 0.0488. The Balaban J connectivity index is 2.16. The van der Waals surface area contributed by atoms with Gasteiger partial charge in [-0.05, 0) is 45.6 Å². The summed E-state index contributed by atoms with van der Waals surface area (Å²) in [5.41, 5.74) is 5.42. The van der Waals surface area contributed by atoms with Gasteiger partial charge in [0.05, 0.1) is 11.4 Å². The molecule has 0 spiro atoms. The van der Waals surface area contributed by atoms with E-state index in [0.29, 0.717) is 25.1 Å². The second-order valence-electron chi connectivity index (χ2n) is 7.17. The van der Waals surface area contributed by atoms with Crippen molar-refractivity contribution >= 4 is 11.4 Å². The highest BCUT2D eigenvalue weighted by molar-refractivity contribution is 5.78. The van der Waals surface area contributed by atoms with Crippen molar-refractivity contribution in [3.05, 3.63) is 24.1 Å². The number of anilines is 2. The first-order valence-corrected chi connectivity index (χ1v) is 7.88. The van der Waals surface area contributed by atoms with E-state index in [1.54, 1.807) is 24.8 Å². The minimum Gasteiger partial charge on any atom is -0.487 e. The lowest BCUT2D eigenvalue weighted by molar-refractivity contribution is -0.138. The first-order valence-electron chi connectivity index (χ1n) is 7.88. The molecule has 0 bridgehead atoms. The van der Waals surface area contributed by atoms with Gasteiger partial charge in [-0.25, -0.2) is 0 Å². The highest BCUT2D eigenvalue weighted by Gasteiger charge is 2.45. The van der Waals surface area contributed by atoms with Crippen LogP contribution in [0.15, 0.2) is 6.07 Å². The number of alkyl halides is 3. The lowest BCUT2D eigenvalue weighted by atomic mass is 9.95. The average molecular weight is 327 g/mol. The first kappa shape index (κ1) is 16.3. The number of benzene rings is 1. The van der Waals surface area contributed by atoms with Crippen molar-refractivity contribution in [1.29, 1.82) is 0 Å². The number of halogens is 3. The van der Waals surface area contributed by atoms with E-state index < -0.39 is 17.3 Å². The summed E-state index contributed by atoms with van der Waals surface area (Å²) >= 11 is 0. The Bertz CT molecular complexity index is 625. The largest absolute Gasteiger partial charge is 0.487 e. The summed E-state index contributed by atoms with van der Waals surface area (Å²) in [6.45, 7) is 8.61. The van der Waals surface area contributed by atoms with Crippen LogP contribution in [-0.4, -0.2) is 18.7 Å². The van der Waals surface area contributed by atoms with Gasteiger partial charge in [0.2, 0.25) is 0 Å². The minimum absolute atomic E-state index is 0.0575. The van der Waals surface area contributed by atoms with E-state index in [2.05, 4.69) is 6.92 Å². The van der Waals surface area contributed by atoms with Gasteiger partial charge < -0.3 is 15.4 Å². The number of fused-ring (bicyclic) bond motifs is 1. The molecule has 2 N–H and O–H groups in total. The second kappa shape index (κ2) is 5.21. The zero-order chi connectivity index (χ0) is 17.0. The summed E-state index contributed by atoms with van der Waals surface area (Å²) in [6, 6.07) is 1.64. The van der Waals surface area contributed by atoms with E-state index in [0.717, 1.165) is 12.8 Å². The highest BCUT2D eigenvalue weighted by atomic mass is 19.4. The fraction of sp³-hybridized carbons (Fsp3) is 0.588. The molecule has 2 heterocycles. The quantitative estimate of drug-likeness (QED) is 0.791. The van der Waals surface area contributed by atoms with Gasteiger partial charge >= 0.3 is 6.18 Å². The van der Waals surface area contributed by atoms with Gasteiger partial charge in [0, 0.05) is 25.1 Å². The molecule has 0 aromatic heterocycles. The van der Waals surface area contributed by atoms with Crippen LogP contribution in [0.2, 0.25) is 0 Å². The molecule has 127 valence electrons. The average Bonchev–Trinajstić information content (AvgIpc) is 2.69. The maximum Gasteiger partial charge on any atom is 0.422 e. The molecule has 0 amide bonds. The number of rotatable bonds is 1. The summed E-state index contributed by atoms with van der Waals surface area (Å²) in [5, 5.41) is 0. The van der Waals surface area contributed by atoms with E-state index in [1.165, 1.54) is 0 Å². The van der Waals surface area contributed by atoms with Crippen LogP contribution in [0, 0.1) is 12.8 Å². The number of piperidine rings is 1. The van der Waals surface area contributed by atoms with E-state index in [9.17, 15) is 13.2 Å². The predicted octanol–water partition coefficient (Wildman–Crippen LogP) is 4.05. The second-order valence-corrected chi connectivity index (χ2v) is 7.17. The lowest BCUT2D eigenvalue weighted by Crippen LogP contribution is -2.36. The number of hydrogen-bond acceptors (Lipinski definition) is 3. The van der Waals surface area contributed by atoms with Gasteiger partial charge in [0.25, 0.3) is 0 Å². The SMILES string of the molecule is [CH2][C@@H]1CCCN(c2c(N)cc3c(c2C(F)(F)F)OC(C)(C)C3)C1. The topological polar surface area (TPSA) is 38.5 Å².